The summed E-state index contributed by atoms with van der Waals surface area (Å²) in [6.45, 7) is 7.16. The number of quaternary nitrogens is 1. The Balaban J connectivity index is 0.00000576. The number of rotatable bonds is 11. The first kappa shape index (κ1) is 24.1. The lowest BCUT2D eigenvalue weighted by Gasteiger charge is -2.30. The minimum absolute atomic E-state index is 0. The summed E-state index contributed by atoms with van der Waals surface area (Å²) >= 11 is 0. The Kier molecular flexibility index (Phi) is 10.5. The van der Waals surface area contributed by atoms with Crippen LogP contribution >= 0.6 is 0 Å². The Bertz CT molecular complexity index is 609. The van der Waals surface area contributed by atoms with E-state index in [0.29, 0.717) is 5.56 Å². The molecule has 1 aromatic rings. The lowest BCUT2D eigenvalue weighted by Crippen LogP contribution is -2.30. The Hall–Kier alpha value is -0.910. The van der Waals surface area contributed by atoms with Gasteiger partial charge in [-0.2, -0.15) is 0 Å². The van der Waals surface area contributed by atoms with Crippen LogP contribution in [0.15, 0.2) is 18.2 Å². The first-order valence-electron chi connectivity index (χ1n) is 9.26. The zero-order valence-corrected chi connectivity index (χ0v) is 17.5. The minimum Gasteiger partial charge on any atom is -0.747 e. The van der Waals surface area contributed by atoms with E-state index < -0.39 is 14.9 Å². The number of aryl methyl sites for hydroxylation is 1. The lowest BCUT2D eigenvalue weighted by molar-refractivity contribution is 0.427. The van der Waals surface area contributed by atoms with Crippen LogP contribution in [0.5, 0.6) is 0 Å². The zero-order chi connectivity index (χ0) is 18.2. The van der Waals surface area contributed by atoms with Gasteiger partial charge in [0.2, 0.25) is 0 Å². The molecule has 4 nitrogen and oxygen atoms in total. The molecule has 0 bridgehead atoms. The van der Waals surface area contributed by atoms with Crippen molar-refractivity contribution in [2.24, 2.45) is 0 Å². The highest BCUT2D eigenvalue weighted by Gasteiger charge is 2.30. The van der Waals surface area contributed by atoms with Gasteiger partial charge in [0.05, 0.1) is 4.75 Å². The molecule has 0 heterocycles. The fourth-order valence-electron chi connectivity index (χ4n) is 3.19. The van der Waals surface area contributed by atoms with Gasteiger partial charge in [-0.05, 0) is 50.3 Å². The van der Waals surface area contributed by atoms with Crippen molar-refractivity contribution in [1.82, 2.24) is 6.15 Å². The summed E-state index contributed by atoms with van der Waals surface area (Å²) in [5, 5.41) is 0. The quantitative estimate of drug-likeness (QED) is 0.391. The molecule has 146 valence electrons. The topological polar surface area (TPSA) is 93.7 Å². The minimum atomic E-state index is -4.38. The zero-order valence-electron chi connectivity index (χ0n) is 16.7. The summed E-state index contributed by atoms with van der Waals surface area (Å²) in [5.41, 5.74) is 2.75. The second-order valence-corrected chi connectivity index (χ2v) is 9.21. The van der Waals surface area contributed by atoms with Gasteiger partial charge in [0.1, 0.15) is 10.1 Å². The molecule has 0 amide bonds. The highest BCUT2D eigenvalue weighted by molar-refractivity contribution is 7.86. The van der Waals surface area contributed by atoms with Gasteiger partial charge in [0.25, 0.3) is 0 Å². The van der Waals surface area contributed by atoms with E-state index in [-0.39, 0.29) is 6.15 Å². The van der Waals surface area contributed by atoms with Gasteiger partial charge in [-0.3, -0.25) is 0 Å². The van der Waals surface area contributed by atoms with E-state index in [2.05, 4.69) is 6.92 Å². The molecule has 5 heteroatoms. The van der Waals surface area contributed by atoms with Crippen molar-refractivity contribution in [3.8, 4) is 0 Å². The van der Waals surface area contributed by atoms with E-state index in [9.17, 15) is 13.0 Å². The fourth-order valence-corrected chi connectivity index (χ4v) is 3.68. The molecule has 25 heavy (non-hydrogen) atoms. The summed E-state index contributed by atoms with van der Waals surface area (Å²) in [5.74, 6) is 0. The van der Waals surface area contributed by atoms with E-state index in [4.69, 9.17) is 0 Å². The Morgan fingerprint density at radius 1 is 0.960 bits per heavy atom. The summed E-state index contributed by atoms with van der Waals surface area (Å²) in [6, 6.07) is 5.69. The van der Waals surface area contributed by atoms with Crippen LogP contribution in [0.4, 0.5) is 0 Å². The van der Waals surface area contributed by atoms with E-state index in [1.165, 1.54) is 58.8 Å². The maximum atomic E-state index is 11.6. The van der Waals surface area contributed by atoms with Crippen molar-refractivity contribution < 1.29 is 13.0 Å². The van der Waals surface area contributed by atoms with E-state index >= 15 is 0 Å². The van der Waals surface area contributed by atoms with Gasteiger partial charge in [-0.15, -0.1) is 0 Å². The van der Waals surface area contributed by atoms with Gasteiger partial charge >= 0.3 is 0 Å². The maximum absolute atomic E-state index is 11.6. The predicted molar refractivity (Wildman–Crippen MR) is 106 cm³/mol. The van der Waals surface area contributed by atoms with Gasteiger partial charge in [0, 0.05) is 0 Å². The molecule has 0 unspecified atom stereocenters. The Labute approximate surface area is 154 Å². The van der Waals surface area contributed by atoms with Crippen LogP contribution in [-0.2, 0) is 21.3 Å². The number of benzene rings is 1. The summed E-state index contributed by atoms with van der Waals surface area (Å²) < 4.78 is 33.3. The molecule has 0 saturated carbocycles. The molecule has 4 N–H and O–H groups in total. The largest absolute Gasteiger partial charge is 0.747 e. The van der Waals surface area contributed by atoms with E-state index in [1.807, 2.05) is 19.1 Å². The van der Waals surface area contributed by atoms with Crippen molar-refractivity contribution >= 4 is 10.1 Å². The average Bonchev–Trinajstić information content (AvgIpc) is 2.50. The van der Waals surface area contributed by atoms with Crippen LogP contribution in [0.1, 0.15) is 88.8 Å². The Morgan fingerprint density at radius 3 is 2.00 bits per heavy atom. The van der Waals surface area contributed by atoms with E-state index in [1.54, 1.807) is 6.07 Å². The Morgan fingerprint density at radius 2 is 1.48 bits per heavy atom. The summed E-state index contributed by atoms with van der Waals surface area (Å²) in [4.78, 5) is 0. The van der Waals surface area contributed by atoms with Crippen LogP contribution < -0.4 is 6.15 Å². The number of hydrogen-bond acceptors (Lipinski definition) is 3. The van der Waals surface area contributed by atoms with Gasteiger partial charge in [-0.25, -0.2) is 8.42 Å². The summed E-state index contributed by atoms with van der Waals surface area (Å²) in [6.07, 6.45) is 11.1. The fraction of sp³-hybridized carbons (Fsp3) is 0.700. The predicted octanol–water partition coefficient (Wildman–Crippen LogP) is 5.83. The molecular weight excluding hydrogens is 334 g/mol. The second-order valence-electron chi connectivity index (χ2n) is 7.28. The third-order valence-corrected chi connectivity index (χ3v) is 6.49. The standard InChI is InChI=1S/C20H34O3S.H3N/c1-5-6-7-8-9-10-11-12-14-18-15-13-16-19(17(18)2)20(3,4)24(21,22)23;/h13,15-16H,5-12,14H2,1-4H3,(H,21,22,23);1H3. The molecule has 1 rings (SSSR count). The van der Waals surface area contributed by atoms with Gasteiger partial charge < -0.3 is 10.7 Å². The molecule has 1 aromatic carbocycles. The molecule has 0 aliphatic heterocycles. The monoisotopic (exact) mass is 371 g/mol. The van der Waals surface area contributed by atoms with Crippen LogP contribution in [0, 0.1) is 6.92 Å². The van der Waals surface area contributed by atoms with Crippen LogP contribution in [0.3, 0.4) is 0 Å². The molecule has 0 aliphatic rings. The molecule has 0 spiro atoms. The highest BCUT2D eigenvalue weighted by atomic mass is 32.2. The molecule has 0 saturated heterocycles. The SMILES string of the molecule is CCCCCCCCCCc1cccc(C(C)(C)S(=O)(=O)[O-])c1C.[NH4+]. The molecule has 0 atom stereocenters. The van der Waals surface area contributed by atoms with Crippen molar-refractivity contribution in [1.29, 1.82) is 0 Å². The summed E-state index contributed by atoms with van der Waals surface area (Å²) in [7, 11) is -4.38. The van der Waals surface area contributed by atoms with Crippen molar-refractivity contribution in [2.75, 3.05) is 0 Å². The first-order valence-corrected chi connectivity index (χ1v) is 10.7. The highest BCUT2D eigenvalue weighted by Crippen LogP contribution is 2.32. The smallest absolute Gasteiger partial charge is 0.104 e. The van der Waals surface area contributed by atoms with Gasteiger partial charge in [-0.1, -0.05) is 70.1 Å². The lowest BCUT2D eigenvalue weighted by atomic mass is 9.91. The molecule has 0 aliphatic carbocycles. The third-order valence-electron chi connectivity index (χ3n) is 5.02. The van der Waals surface area contributed by atoms with Crippen molar-refractivity contribution in [2.45, 2.75) is 90.2 Å². The van der Waals surface area contributed by atoms with E-state index in [0.717, 1.165) is 24.0 Å². The molecule has 0 fully saturated rings. The third kappa shape index (κ3) is 7.08. The number of unbranched alkanes of at least 4 members (excludes halogenated alkanes) is 7. The maximum Gasteiger partial charge on any atom is 0.104 e. The number of hydrogen-bond donors (Lipinski definition) is 1. The average molecular weight is 372 g/mol. The first-order chi connectivity index (χ1) is 11.2. The van der Waals surface area contributed by atoms with Crippen LogP contribution in [0.2, 0.25) is 0 Å². The molecule has 0 radical (unpaired) electrons. The van der Waals surface area contributed by atoms with Crippen molar-refractivity contribution in [3.63, 3.8) is 0 Å². The second kappa shape index (κ2) is 10.9. The van der Waals surface area contributed by atoms with Crippen molar-refractivity contribution in [3.05, 3.63) is 34.9 Å². The molecule has 0 aromatic heterocycles. The normalized spacial score (nSPS) is 12.0. The van der Waals surface area contributed by atoms with Gasteiger partial charge in [0.15, 0.2) is 0 Å². The van der Waals surface area contributed by atoms with Crippen LogP contribution in [-0.4, -0.2) is 13.0 Å². The van der Waals surface area contributed by atoms with Crippen LogP contribution in [0.25, 0.3) is 0 Å². The molecular formula is C20H37NO3S.